The van der Waals surface area contributed by atoms with Gasteiger partial charge in [0, 0.05) is 12.8 Å². The fraction of sp³-hybridized carbons (Fsp3) is 0.360. The number of aromatic nitrogens is 2. The summed E-state index contributed by atoms with van der Waals surface area (Å²) >= 11 is 0. The molecule has 0 radical (unpaired) electrons. The Morgan fingerprint density at radius 1 is 1.09 bits per heavy atom. The van der Waals surface area contributed by atoms with Gasteiger partial charge in [-0.3, -0.25) is 4.57 Å². The molecule has 2 heterocycles. The molecule has 33 heavy (non-hydrogen) atoms. The number of hydrogen-bond donors (Lipinski definition) is 1. The summed E-state index contributed by atoms with van der Waals surface area (Å²) in [6, 6.07) is 13.1. The number of carbonyl (C=O) groups is 1. The average Bonchev–Trinajstić information content (AvgIpc) is 3.19. The van der Waals surface area contributed by atoms with E-state index < -0.39 is 12.0 Å². The van der Waals surface area contributed by atoms with Gasteiger partial charge in [0.15, 0.2) is 11.5 Å². The second kappa shape index (κ2) is 9.95. The Balaban J connectivity index is 1.85. The highest BCUT2D eigenvalue weighted by Crippen LogP contribution is 2.41. The van der Waals surface area contributed by atoms with Gasteiger partial charge >= 0.3 is 5.97 Å². The van der Waals surface area contributed by atoms with Crippen LogP contribution in [0.3, 0.4) is 0 Å². The molecule has 1 atom stereocenters. The second-order valence-electron chi connectivity index (χ2n) is 7.75. The summed E-state index contributed by atoms with van der Waals surface area (Å²) in [7, 11) is 3.18. The summed E-state index contributed by atoms with van der Waals surface area (Å²) in [6.45, 7) is 5.00. The lowest BCUT2D eigenvalue weighted by molar-refractivity contribution is -0.140. The Bertz CT molecular complexity index is 1180. The maximum atomic E-state index is 13.2. The molecule has 4 rings (SSSR count). The standard InChI is InChI=1S/C25H29N3O5/c1-5-12-32-20-11-10-17(15-21(20)31-4)23-22(24(29)33-14-13-30-3)16(2)26-25-27-18-8-6-7-9-19(18)28(23)25/h6-11,15,23H,5,12-14H2,1-4H3,(H,26,27). The summed E-state index contributed by atoms with van der Waals surface area (Å²) in [5, 5.41) is 3.28. The van der Waals surface area contributed by atoms with Crippen LogP contribution in [0.15, 0.2) is 53.7 Å². The first-order valence-electron chi connectivity index (χ1n) is 11.0. The smallest absolute Gasteiger partial charge is 0.338 e. The van der Waals surface area contributed by atoms with Gasteiger partial charge in [0.1, 0.15) is 6.61 Å². The third-order valence-electron chi connectivity index (χ3n) is 5.54. The van der Waals surface area contributed by atoms with Crippen LogP contribution in [-0.2, 0) is 14.3 Å². The van der Waals surface area contributed by atoms with Crippen molar-refractivity contribution in [1.82, 2.24) is 9.55 Å². The first-order valence-corrected chi connectivity index (χ1v) is 11.0. The van der Waals surface area contributed by atoms with Gasteiger partial charge < -0.3 is 24.3 Å². The van der Waals surface area contributed by atoms with Gasteiger partial charge in [0.05, 0.1) is 43.0 Å². The minimum atomic E-state index is -0.460. The number of imidazole rings is 1. The minimum absolute atomic E-state index is 0.170. The fourth-order valence-electron chi connectivity index (χ4n) is 4.02. The Morgan fingerprint density at radius 2 is 1.91 bits per heavy atom. The van der Waals surface area contributed by atoms with Crippen LogP contribution >= 0.6 is 0 Å². The van der Waals surface area contributed by atoms with E-state index in [0.29, 0.717) is 41.9 Å². The molecule has 1 aromatic heterocycles. The number of methoxy groups -OCH3 is 2. The molecule has 8 heteroatoms. The molecule has 0 fully saturated rings. The summed E-state index contributed by atoms with van der Waals surface area (Å²) in [5.74, 6) is 1.53. The number of para-hydroxylation sites is 2. The Hall–Kier alpha value is -3.52. The summed E-state index contributed by atoms with van der Waals surface area (Å²) < 4.78 is 24.0. The molecule has 0 amide bonds. The van der Waals surface area contributed by atoms with Crippen LogP contribution in [0.2, 0.25) is 0 Å². The third-order valence-corrected chi connectivity index (χ3v) is 5.54. The van der Waals surface area contributed by atoms with Crippen molar-refractivity contribution in [3.8, 4) is 11.5 Å². The number of esters is 1. The average molecular weight is 452 g/mol. The Labute approximate surface area is 193 Å². The highest BCUT2D eigenvalue weighted by molar-refractivity contribution is 5.94. The quantitative estimate of drug-likeness (QED) is 0.383. The normalized spacial score (nSPS) is 15.2. The topological polar surface area (TPSA) is 83.8 Å². The van der Waals surface area contributed by atoms with Gasteiger partial charge in [-0.05, 0) is 43.2 Å². The van der Waals surface area contributed by atoms with Crippen LogP contribution in [0.25, 0.3) is 11.0 Å². The molecule has 0 bridgehead atoms. The van der Waals surface area contributed by atoms with Gasteiger partial charge in [-0.2, -0.15) is 0 Å². The van der Waals surface area contributed by atoms with Gasteiger partial charge in [-0.15, -0.1) is 0 Å². The number of allylic oxidation sites excluding steroid dienone is 1. The lowest BCUT2D eigenvalue weighted by atomic mass is 9.94. The third kappa shape index (κ3) is 4.39. The van der Waals surface area contributed by atoms with E-state index in [1.54, 1.807) is 14.2 Å². The molecule has 1 aliphatic rings. The number of nitrogens with zero attached hydrogens (tertiary/aromatic N) is 2. The highest BCUT2D eigenvalue weighted by Gasteiger charge is 2.35. The zero-order valence-electron chi connectivity index (χ0n) is 19.4. The SMILES string of the molecule is CCCOc1ccc(C2C(C(=O)OCCOC)=C(C)Nc3nc4ccccc4n32)cc1OC. The van der Waals surface area contributed by atoms with Crippen molar-refractivity contribution in [2.45, 2.75) is 26.3 Å². The predicted molar refractivity (Wildman–Crippen MR) is 126 cm³/mol. The molecule has 1 N–H and O–H groups in total. The highest BCUT2D eigenvalue weighted by atomic mass is 16.6. The van der Waals surface area contributed by atoms with E-state index >= 15 is 0 Å². The first-order chi connectivity index (χ1) is 16.1. The number of nitrogens with one attached hydrogen (secondary N) is 1. The van der Waals surface area contributed by atoms with Gasteiger partial charge in [-0.1, -0.05) is 25.1 Å². The molecule has 3 aromatic rings. The van der Waals surface area contributed by atoms with Crippen molar-refractivity contribution in [3.05, 3.63) is 59.3 Å². The molecular weight excluding hydrogens is 422 g/mol. The number of benzene rings is 2. The summed E-state index contributed by atoms with van der Waals surface area (Å²) in [6.07, 6.45) is 0.892. The van der Waals surface area contributed by atoms with Crippen molar-refractivity contribution in [1.29, 1.82) is 0 Å². The number of anilines is 1. The lowest BCUT2D eigenvalue weighted by Gasteiger charge is -2.30. The van der Waals surface area contributed by atoms with E-state index in [1.165, 1.54) is 0 Å². The van der Waals surface area contributed by atoms with E-state index in [4.69, 9.17) is 23.9 Å². The van der Waals surface area contributed by atoms with Crippen LogP contribution in [-0.4, -0.2) is 49.6 Å². The van der Waals surface area contributed by atoms with Crippen molar-refractivity contribution >= 4 is 23.0 Å². The van der Waals surface area contributed by atoms with Crippen LogP contribution in [0.1, 0.15) is 31.9 Å². The van der Waals surface area contributed by atoms with E-state index in [-0.39, 0.29) is 6.61 Å². The number of rotatable bonds is 9. The van der Waals surface area contributed by atoms with E-state index in [2.05, 4.69) is 12.2 Å². The minimum Gasteiger partial charge on any atom is -0.493 e. The largest absolute Gasteiger partial charge is 0.493 e. The van der Waals surface area contributed by atoms with Crippen LogP contribution in [0.4, 0.5) is 5.95 Å². The van der Waals surface area contributed by atoms with Crippen LogP contribution < -0.4 is 14.8 Å². The molecule has 174 valence electrons. The molecular formula is C25H29N3O5. The number of fused-ring (bicyclic) bond motifs is 3. The lowest BCUT2D eigenvalue weighted by Crippen LogP contribution is -2.29. The monoisotopic (exact) mass is 451 g/mol. The van der Waals surface area contributed by atoms with Gasteiger partial charge in [0.25, 0.3) is 0 Å². The maximum Gasteiger partial charge on any atom is 0.338 e. The van der Waals surface area contributed by atoms with E-state index in [0.717, 1.165) is 23.0 Å². The molecule has 0 saturated heterocycles. The zero-order chi connectivity index (χ0) is 23.4. The van der Waals surface area contributed by atoms with Crippen LogP contribution in [0, 0.1) is 0 Å². The van der Waals surface area contributed by atoms with Crippen molar-refractivity contribution in [2.24, 2.45) is 0 Å². The van der Waals surface area contributed by atoms with Crippen molar-refractivity contribution in [3.63, 3.8) is 0 Å². The van der Waals surface area contributed by atoms with Crippen LogP contribution in [0.5, 0.6) is 11.5 Å². The number of ether oxygens (including phenoxy) is 4. The molecule has 1 aliphatic heterocycles. The van der Waals surface area contributed by atoms with Crippen molar-refractivity contribution in [2.75, 3.05) is 39.4 Å². The second-order valence-corrected chi connectivity index (χ2v) is 7.75. The van der Waals surface area contributed by atoms with Gasteiger partial charge in [-0.25, -0.2) is 9.78 Å². The number of carbonyl (C=O) groups excluding carboxylic acids is 1. The summed E-state index contributed by atoms with van der Waals surface area (Å²) in [4.78, 5) is 18.0. The molecule has 2 aromatic carbocycles. The first kappa shape index (κ1) is 22.7. The summed E-state index contributed by atoms with van der Waals surface area (Å²) in [5.41, 5.74) is 3.80. The maximum absolute atomic E-state index is 13.2. The van der Waals surface area contributed by atoms with Gasteiger partial charge in [0.2, 0.25) is 5.95 Å². The predicted octanol–water partition coefficient (Wildman–Crippen LogP) is 4.31. The van der Waals surface area contributed by atoms with E-state index in [1.807, 2.05) is 54.0 Å². The Morgan fingerprint density at radius 3 is 2.67 bits per heavy atom. The molecule has 1 unspecified atom stereocenters. The fourth-order valence-corrected chi connectivity index (χ4v) is 4.02. The van der Waals surface area contributed by atoms with Crippen molar-refractivity contribution < 1.29 is 23.7 Å². The molecule has 8 nitrogen and oxygen atoms in total. The number of hydrogen-bond acceptors (Lipinski definition) is 7. The zero-order valence-corrected chi connectivity index (χ0v) is 19.4. The van der Waals surface area contributed by atoms with E-state index in [9.17, 15) is 4.79 Å². The molecule has 0 saturated carbocycles. The Kier molecular flexibility index (Phi) is 6.84. The molecule has 0 aliphatic carbocycles. The molecule has 0 spiro atoms.